The van der Waals surface area contributed by atoms with E-state index >= 15 is 0 Å². The summed E-state index contributed by atoms with van der Waals surface area (Å²) in [7, 11) is 0. The van der Waals surface area contributed by atoms with Crippen LogP contribution in [0.3, 0.4) is 0 Å². The average molecular weight is 433 g/mol. The molecule has 2 atom stereocenters. The van der Waals surface area contributed by atoms with Gasteiger partial charge in [0.25, 0.3) is 0 Å². The molecule has 1 aliphatic rings. The summed E-state index contributed by atoms with van der Waals surface area (Å²) in [6, 6.07) is 11.9. The second-order valence-electron chi connectivity index (χ2n) is 6.99. The monoisotopic (exact) mass is 433 g/mol. The number of hydrogen-bond acceptors (Lipinski definition) is 5. The van der Waals surface area contributed by atoms with Crippen LogP contribution >= 0.6 is 11.8 Å². The molecule has 3 aromatic rings. The number of rotatable bonds is 3. The number of fused-ring (bicyclic) bond motifs is 1. The van der Waals surface area contributed by atoms with E-state index in [4.69, 9.17) is 0 Å². The minimum atomic E-state index is -4.49. The molecule has 0 unspecified atom stereocenters. The van der Waals surface area contributed by atoms with Gasteiger partial charge in [-0.25, -0.2) is 4.68 Å². The smallest absolute Gasteiger partial charge is 0.325 e. The first kappa shape index (κ1) is 20.3. The summed E-state index contributed by atoms with van der Waals surface area (Å²) in [4.78, 5) is 13.1. The van der Waals surface area contributed by atoms with Crippen LogP contribution in [-0.2, 0) is 11.0 Å². The first-order chi connectivity index (χ1) is 14.2. The summed E-state index contributed by atoms with van der Waals surface area (Å²) in [6.45, 7) is 3.76. The first-order valence-corrected chi connectivity index (χ1v) is 10.0. The SMILES string of the molecule is Cc1ccc([C@H]2Nn3c(C)nnc3S[C@@H]2C(=O)Nc2cccc(C(F)(F)F)c2)cc1. The molecule has 0 radical (unpaired) electrons. The molecule has 156 valence electrons. The van der Waals surface area contributed by atoms with Crippen LogP contribution < -0.4 is 10.7 Å². The van der Waals surface area contributed by atoms with Crippen molar-refractivity contribution in [2.24, 2.45) is 0 Å². The fourth-order valence-corrected chi connectivity index (χ4v) is 4.30. The van der Waals surface area contributed by atoms with Crippen LogP contribution in [-0.4, -0.2) is 26.0 Å². The van der Waals surface area contributed by atoms with Gasteiger partial charge in [-0.05, 0) is 37.6 Å². The highest BCUT2D eigenvalue weighted by Gasteiger charge is 2.38. The number of aryl methyl sites for hydroxylation is 2. The van der Waals surface area contributed by atoms with Crippen molar-refractivity contribution >= 4 is 23.4 Å². The van der Waals surface area contributed by atoms with Crippen molar-refractivity contribution in [3.05, 3.63) is 71.0 Å². The lowest BCUT2D eigenvalue weighted by atomic mass is 10.0. The van der Waals surface area contributed by atoms with E-state index in [-0.39, 0.29) is 5.69 Å². The highest BCUT2D eigenvalue weighted by molar-refractivity contribution is 8.00. The van der Waals surface area contributed by atoms with Gasteiger partial charge in [-0.15, -0.1) is 10.2 Å². The van der Waals surface area contributed by atoms with E-state index < -0.39 is 28.9 Å². The molecule has 4 rings (SSSR count). The van der Waals surface area contributed by atoms with E-state index in [0.717, 1.165) is 23.3 Å². The topological polar surface area (TPSA) is 71.8 Å². The van der Waals surface area contributed by atoms with Crippen molar-refractivity contribution in [1.29, 1.82) is 0 Å². The molecule has 10 heteroatoms. The lowest BCUT2D eigenvalue weighted by Gasteiger charge is -2.32. The molecule has 1 aliphatic heterocycles. The highest BCUT2D eigenvalue weighted by Crippen LogP contribution is 2.38. The largest absolute Gasteiger partial charge is 0.416 e. The number of nitrogens with one attached hydrogen (secondary N) is 2. The third-order valence-electron chi connectivity index (χ3n) is 4.75. The maximum absolute atomic E-state index is 13.1. The molecule has 0 saturated carbocycles. The fourth-order valence-electron chi connectivity index (χ4n) is 3.17. The Labute approximate surface area is 174 Å². The van der Waals surface area contributed by atoms with Gasteiger partial charge in [0.15, 0.2) is 0 Å². The molecule has 30 heavy (non-hydrogen) atoms. The zero-order valence-electron chi connectivity index (χ0n) is 16.1. The molecule has 2 heterocycles. The Morgan fingerprint density at radius 2 is 1.87 bits per heavy atom. The molecule has 2 N–H and O–H groups in total. The molecule has 0 bridgehead atoms. The lowest BCUT2D eigenvalue weighted by molar-refractivity contribution is -0.137. The van der Waals surface area contributed by atoms with Crippen molar-refractivity contribution in [1.82, 2.24) is 14.9 Å². The number of anilines is 1. The zero-order chi connectivity index (χ0) is 21.5. The minimum absolute atomic E-state index is 0.0845. The number of halogens is 3. The van der Waals surface area contributed by atoms with Gasteiger partial charge in [0, 0.05) is 5.69 Å². The van der Waals surface area contributed by atoms with Gasteiger partial charge in [-0.1, -0.05) is 47.7 Å². The fraction of sp³-hybridized carbons (Fsp3) is 0.250. The Morgan fingerprint density at radius 3 is 2.57 bits per heavy atom. The van der Waals surface area contributed by atoms with Crippen LogP contribution in [0.25, 0.3) is 0 Å². The van der Waals surface area contributed by atoms with E-state index in [1.807, 2.05) is 31.2 Å². The Balaban J connectivity index is 1.64. The van der Waals surface area contributed by atoms with E-state index in [2.05, 4.69) is 20.9 Å². The number of hydrogen-bond donors (Lipinski definition) is 2. The van der Waals surface area contributed by atoms with Gasteiger partial charge in [-0.3, -0.25) is 4.79 Å². The third-order valence-corrected chi connectivity index (χ3v) is 5.97. The Morgan fingerprint density at radius 1 is 1.13 bits per heavy atom. The van der Waals surface area contributed by atoms with Crippen molar-refractivity contribution < 1.29 is 18.0 Å². The number of amides is 1. The van der Waals surface area contributed by atoms with Crippen LogP contribution in [0.5, 0.6) is 0 Å². The number of nitrogens with zero attached hydrogens (tertiary/aromatic N) is 3. The number of carbonyl (C=O) groups excluding carboxylic acids is 1. The predicted octanol–water partition coefficient (Wildman–Crippen LogP) is 4.31. The number of carbonyl (C=O) groups is 1. The second-order valence-corrected chi connectivity index (χ2v) is 8.10. The number of aromatic nitrogens is 3. The zero-order valence-corrected chi connectivity index (χ0v) is 16.9. The highest BCUT2D eigenvalue weighted by atomic mass is 32.2. The summed E-state index contributed by atoms with van der Waals surface area (Å²) in [5.41, 5.74) is 4.48. The molecular formula is C20H18F3N5OS. The van der Waals surface area contributed by atoms with Crippen molar-refractivity contribution in [3.63, 3.8) is 0 Å². The molecule has 6 nitrogen and oxygen atoms in total. The average Bonchev–Trinajstić information content (AvgIpc) is 3.07. The van der Waals surface area contributed by atoms with Crippen LogP contribution in [0, 0.1) is 13.8 Å². The molecule has 1 amide bonds. The minimum Gasteiger partial charge on any atom is -0.325 e. The third kappa shape index (κ3) is 4.00. The molecule has 0 spiro atoms. The van der Waals surface area contributed by atoms with E-state index in [1.54, 1.807) is 11.6 Å². The summed E-state index contributed by atoms with van der Waals surface area (Å²) in [5, 5.41) is 10.6. The van der Waals surface area contributed by atoms with Gasteiger partial charge in [0.1, 0.15) is 11.1 Å². The quantitative estimate of drug-likeness (QED) is 0.644. The predicted molar refractivity (Wildman–Crippen MR) is 108 cm³/mol. The first-order valence-electron chi connectivity index (χ1n) is 9.12. The second kappa shape index (κ2) is 7.67. The van der Waals surface area contributed by atoms with Gasteiger partial charge in [0.05, 0.1) is 11.6 Å². The summed E-state index contributed by atoms with van der Waals surface area (Å²) < 4.78 is 40.7. The molecule has 2 aromatic carbocycles. The maximum Gasteiger partial charge on any atom is 0.416 e. The number of benzene rings is 2. The van der Waals surface area contributed by atoms with E-state index in [1.165, 1.54) is 23.9 Å². The molecular weight excluding hydrogens is 415 g/mol. The molecule has 1 aromatic heterocycles. The van der Waals surface area contributed by atoms with E-state index in [9.17, 15) is 18.0 Å². The van der Waals surface area contributed by atoms with Crippen LogP contribution in [0.2, 0.25) is 0 Å². The standard InChI is InChI=1S/C20H18F3N5OS/c1-11-6-8-13(9-7-11)16-17(30-19-26-25-12(2)28(19)27-16)18(29)24-15-5-3-4-14(10-15)20(21,22)23/h3-10,16-17,27H,1-2H3,(H,24,29)/t16-,17+/m1/s1. The summed E-state index contributed by atoms with van der Waals surface area (Å²) in [5.74, 6) is 0.218. The van der Waals surface area contributed by atoms with Gasteiger partial charge in [-0.2, -0.15) is 13.2 Å². The molecule has 0 saturated heterocycles. The van der Waals surface area contributed by atoms with Crippen molar-refractivity contribution in [3.8, 4) is 0 Å². The number of alkyl halides is 3. The van der Waals surface area contributed by atoms with Crippen LogP contribution in [0.1, 0.15) is 28.6 Å². The summed E-state index contributed by atoms with van der Waals surface area (Å²) >= 11 is 1.21. The Bertz CT molecular complexity index is 1080. The Hall–Kier alpha value is -3.01. The van der Waals surface area contributed by atoms with E-state index in [0.29, 0.717) is 11.0 Å². The number of thioether (sulfide) groups is 1. The van der Waals surface area contributed by atoms with Crippen LogP contribution in [0.15, 0.2) is 53.7 Å². The van der Waals surface area contributed by atoms with Gasteiger partial charge in [0.2, 0.25) is 11.1 Å². The maximum atomic E-state index is 13.1. The van der Waals surface area contributed by atoms with Crippen molar-refractivity contribution in [2.75, 3.05) is 10.7 Å². The van der Waals surface area contributed by atoms with Gasteiger partial charge >= 0.3 is 6.18 Å². The van der Waals surface area contributed by atoms with Crippen LogP contribution in [0.4, 0.5) is 18.9 Å². The normalized spacial score (nSPS) is 18.4. The lowest BCUT2D eigenvalue weighted by Crippen LogP contribution is -2.41. The Kier molecular flexibility index (Phi) is 5.19. The molecule has 0 fully saturated rings. The molecule has 0 aliphatic carbocycles. The summed E-state index contributed by atoms with van der Waals surface area (Å²) in [6.07, 6.45) is -4.49. The van der Waals surface area contributed by atoms with Crippen molar-refractivity contribution in [2.45, 2.75) is 36.5 Å². The van der Waals surface area contributed by atoms with Gasteiger partial charge < -0.3 is 10.7 Å².